The molecule has 0 aromatic carbocycles. The molecule has 0 radical (unpaired) electrons. The van der Waals surface area contributed by atoms with Crippen LogP contribution < -0.4 is 5.32 Å². The number of nitrogens with one attached hydrogen (secondary N) is 1. The van der Waals surface area contributed by atoms with E-state index in [1.807, 2.05) is 0 Å². The summed E-state index contributed by atoms with van der Waals surface area (Å²) in [5, 5.41) is 2.57. The monoisotopic (exact) mass is 209 g/mol. The van der Waals surface area contributed by atoms with E-state index in [0.29, 0.717) is 6.54 Å². The second kappa shape index (κ2) is 5.01. The molecule has 0 aromatic rings. The molecule has 0 amide bonds. The summed E-state index contributed by atoms with van der Waals surface area (Å²) in [6, 6.07) is -1.28. The standard InChI is InChI=1S/C10H18F3N/c1-2-14-9(10(11,12)13)8-6-4-3-5-7-8/h8-9,14H,2-7H2,1H3. The highest BCUT2D eigenvalue weighted by molar-refractivity contribution is 4.84. The van der Waals surface area contributed by atoms with Crippen LogP contribution in [0.2, 0.25) is 0 Å². The van der Waals surface area contributed by atoms with E-state index in [9.17, 15) is 13.2 Å². The van der Waals surface area contributed by atoms with Crippen LogP contribution in [0, 0.1) is 5.92 Å². The molecular formula is C10H18F3N. The Hall–Kier alpha value is -0.250. The largest absolute Gasteiger partial charge is 0.404 e. The fraction of sp³-hybridized carbons (Fsp3) is 1.00. The Labute approximate surface area is 83.1 Å². The molecule has 0 aromatic heterocycles. The molecule has 1 fully saturated rings. The van der Waals surface area contributed by atoms with Crippen molar-refractivity contribution in [2.24, 2.45) is 5.92 Å². The van der Waals surface area contributed by atoms with E-state index in [1.54, 1.807) is 6.92 Å². The fourth-order valence-corrected chi connectivity index (χ4v) is 2.24. The van der Waals surface area contributed by atoms with E-state index in [4.69, 9.17) is 0 Å². The topological polar surface area (TPSA) is 12.0 Å². The zero-order valence-electron chi connectivity index (χ0n) is 8.53. The van der Waals surface area contributed by atoms with Gasteiger partial charge in [0.1, 0.15) is 6.04 Å². The van der Waals surface area contributed by atoms with Gasteiger partial charge in [-0.3, -0.25) is 0 Å². The van der Waals surface area contributed by atoms with Gasteiger partial charge in [0, 0.05) is 0 Å². The highest BCUT2D eigenvalue weighted by Gasteiger charge is 2.43. The van der Waals surface area contributed by atoms with Gasteiger partial charge in [0.25, 0.3) is 0 Å². The van der Waals surface area contributed by atoms with E-state index < -0.39 is 12.2 Å². The van der Waals surface area contributed by atoms with Gasteiger partial charge in [-0.15, -0.1) is 0 Å². The van der Waals surface area contributed by atoms with Gasteiger partial charge >= 0.3 is 6.18 Å². The molecule has 1 aliphatic carbocycles. The Balaban J connectivity index is 2.56. The fourth-order valence-electron chi connectivity index (χ4n) is 2.24. The van der Waals surface area contributed by atoms with Gasteiger partial charge < -0.3 is 5.32 Å². The van der Waals surface area contributed by atoms with Crippen LogP contribution in [0.5, 0.6) is 0 Å². The lowest BCUT2D eigenvalue weighted by Gasteiger charge is -2.32. The van der Waals surface area contributed by atoms with Crippen LogP contribution in [0.15, 0.2) is 0 Å². The molecule has 0 spiro atoms. The average molecular weight is 209 g/mol. The maximum Gasteiger partial charge on any atom is 0.404 e. The lowest BCUT2D eigenvalue weighted by molar-refractivity contribution is -0.170. The van der Waals surface area contributed by atoms with Crippen molar-refractivity contribution in [3.63, 3.8) is 0 Å². The summed E-state index contributed by atoms with van der Waals surface area (Å²) in [5.74, 6) is -0.205. The molecule has 84 valence electrons. The Bertz CT molecular complexity index is 161. The maximum absolute atomic E-state index is 12.6. The third-order valence-electron chi connectivity index (χ3n) is 2.90. The number of hydrogen-bond acceptors (Lipinski definition) is 1. The zero-order chi connectivity index (χ0) is 10.6. The Morgan fingerprint density at radius 3 is 2.21 bits per heavy atom. The smallest absolute Gasteiger partial charge is 0.306 e. The maximum atomic E-state index is 12.6. The first kappa shape index (κ1) is 11.8. The van der Waals surface area contributed by atoms with Gasteiger partial charge in [-0.1, -0.05) is 26.2 Å². The summed E-state index contributed by atoms with van der Waals surface area (Å²) < 4.78 is 37.9. The van der Waals surface area contributed by atoms with Crippen LogP contribution >= 0.6 is 0 Å². The van der Waals surface area contributed by atoms with Gasteiger partial charge in [0.05, 0.1) is 0 Å². The lowest BCUT2D eigenvalue weighted by Crippen LogP contribution is -2.48. The number of hydrogen-bond donors (Lipinski definition) is 1. The molecular weight excluding hydrogens is 191 g/mol. The first-order chi connectivity index (χ1) is 6.55. The number of rotatable bonds is 3. The van der Waals surface area contributed by atoms with Crippen LogP contribution in [-0.2, 0) is 0 Å². The van der Waals surface area contributed by atoms with Crippen molar-refractivity contribution in [1.82, 2.24) is 5.32 Å². The van der Waals surface area contributed by atoms with Crippen molar-refractivity contribution >= 4 is 0 Å². The van der Waals surface area contributed by atoms with Gasteiger partial charge in [-0.25, -0.2) is 0 Å². The van der Waals surface area contributed by atoms with Crippen molar-refractivity contribution in [3.05, 3.63) is 0 Å². The van der Waals surface area contributed by atoms with Crippen molar-refractivity contribution in [3.8, 4) is 0 Å². The molecule has 0 saturated heterocycles. The molecule has 1 nitrogen and oxygen atoms in total. The van der Waals surface area contributed by atoms with Crippen LogP contribution in [0.3, 0.4) is 0 Å². The molecule has 1 unspecified atom stereocenters. The first-order valence-corrected chi connectivity index (χ1v) is 5.35. The predicted octanol–water partition coefficient (Wildman–Crippen LogP) is 3.11. The predicted molar refractivity (Wildman–Crippen MR) is 50.1 cm³/mol. The van der Waals surface area contributed by atoms with Crippen molar-refractivity contribution in [2.45, 2.75) is 51.2 Å². The summed E-state index contributed by atoms with van der Waals surface area (Å²) >= 11 is 0. The van der Waals surface area contributed by atoms with Crippen LogP contribution in [0.4, 0.5) is 13.2 Å². The average Bonchev–Trinajstić information content (AvgIpc) is 2.14. The second-order valence-corrected chi connectivity index (χ2v) is 3.98. The molecule has 1 saturated carbocycles. The molecule has 4 heteroatoms. The van der Waals surface area contributed by atoms with Gasteiger partial charge in [-0.2, -0.15) is 13.2 Å². The van der Waals surface area contributed by atoms with Crippen LogP contribution in [0.25, 0.3) is 0 Å². The summed E-state index contributed by atoms with van der Waals surface area (Å²) in [5.41, 5.74) is 0. The highest BCUT2D eigenvalue weighted by Crippen LogP contribution is 2.34. The molecule has 1 rings (SSSR count). The molecule has 0 aliphatic heterocycles. The van der Waals surface area contributed by atoms with E-state index in [1.165, 1.54) is 0 Å². The summed E-state index contributed by atoms with van der Waals surface area (Å²) in [6.45, 7) is 2.11. The van der Waals surface area contributed by atoms with Gasteiger partial charge in [-0.05, 0) is 25.3 Å². The number of halogens is 3. The molecule has 1 N–H and O–H groups in total. The van der Waals surface area contributed by atoms with Gasteiger partial charge in [0.15, 0.2) is 0 Å². The molecule has 0 heterocycles. The quantitative estimate of drug-likeness (QED) is 0.753. The minimum absolute atomic E-state index is 0.205. The van der Waals surface area contributed by atoms with Crippen molar-refractivity contribution in [2.75, 3.05) is 6.54 Å². The van der Waals surface area contributed by atoms with E-state index in [-0.39, 0.29) is 5.92 Å². The Kier molecular flexibility index (Phi) is 4.23. The SMILES string of the molecule is CCNC(C1CCCCC1)C(F)(F)F. The third-order valence-corrected chi connectivity index (χ3v) is 2.90. The first-order valence-electron chi connectivity index (χ1n) is 5.35. The molecule has 1 aliphatic rings. The third kappa shape index (κ3) is 3.15. The Morgan fingerprint density at radius 1 is 1.21 bits per heavy atom. The second-order valence-electron chi connectivity index (χ2n) is 3.98. The minimum Gasteiger partial charge on any atom is -0.306 e. The summed E-state index contributed by atoms with van der Waals surface area (Å²) in [4.78, 5) is 0. The summed E-state index contributed by atoms with van der Waals surface area (Å²) in [7, 11) is 0. The lowest BCUT2D eigenvalue weighted by atomic mass is 9.83. The number of alkyl halides is 3. The van der Waals surface area contributed by atoms with E-state index >= 15 is 0 Å². The van der Waals surface area contributed by atoms with Crippen LogP contribution in [-0.4, -0.2) is 18.8 Å². The zero-order valence-corrected chi connectivity index (χ0v) is 8.53. The minimum atomic E-state index is -4.09. The van der Waals surface area contributed by atoms with E-state index in [0.717, 1.165) is 32.1 Å². The highest BCUT2D eigenvalue weighted by atomic mass is 19.4. The normalized spacial score (nSPS) is 22.3. The Morgan fingerprint density at radius 2 is 1.79 bits per heavy atom. The van der Waals surface area contributed by atoms with Crippen LogP contribution in [0.1, 0.15) is 39.0 Å². The van der Waals surface area contributed by atoms with Gasteiger partial charge in [0.2, 0.25) is 0 Å². The van der Waals surface area contributed by atoms with E-state index in [2.05, 4.69) is 5.32 Å². The molecule has 14 heavy (non-hydrogen) atoms. The van der Waals surface area contributed by atoms with Crippen molar-refractivity contribution < 1.29 is 13.2 Å². The molecule has 0 bridgehead atoms. The molecule has 1 atom stereocenters. The summed E-state index contributed by atoms with van der Waals surface area (Å²) in [6.07, 6.45) is 0.338. The van der Waals surface area contributed by atoms with Crippen molar-refractivity contribution in [1.29, 1.82) is 0 Å².